The molecule has 2 rings (SSSR count). The molecule has 0 spiro atoms. The Bertz CT molecular complexity index is 543. The van der Waals surface area contributed by atoms with Crippen LogP contribution in [-0.2, 0) is 0 Å². The third-order valence-corrected chi connectivity index (χ3v) is 2.74. The van der Waals surface area contributed by atoms with E-state index in [1.807, 2.05) is 24.3 Å². The summed E-state index contributed by atoms with van der Waals surface area (Å²) in [4.78, 5) is 4.15. The summed E-state index contributed by atoms with van der Waals surface area (Å²) in [5.74, 6) is 1.43. The van der Waals surface area contributed by atoms with Crippen LogP contribution in [-0.4, -0.2) is 11.6 Å². The number of pyridine rings is 1. The van der Waals surface area contributed by atoms with Crippen molar-refractivity contribution in [2.45, 2.75) is 13.3 Å². The van der Waals surface area contributed by atoms with E-state index in [0.717, 1.165) is 24.5 Å². The molecule has 1 aromatic carbocycles. The quantitative estimate of drug-likeness (QED) is 0.871. The lowest BCUT2D eigenvalue weighted by Gasteiger charge is -2.09. The second-order valence-electron chi connectivity index (χ2n) is 4.10. The van der Waals surface area contributed by atoms with E-state index < -0.39 is 0 Å². The maximum absolute atomic E-state index is 6.05. The molecule has 0 aliphatic rings. The van der Waals surface area contributed by atoms with Crippen molar-refractivity contribution in [2.75, 3.05) is 17.7 Å². The summed E-state index contributed by atoms with van der Waals surface area (Å²) < 4.78 is 5.51. The van der Waals surface area contributed by atoms with Gasteiger partial charge in [0.2, 0.25) is 0 Å². The lowest BCUT2D eigenvalue weighted by Crippen LogP contribution is -1.97. The van der Waals surface area contributed by atoms with Crippen LogP contribution in [0.25, 0.3) is 0 Å². The van der Waals surface area contributed by atoms with Gasteiger partial charge in [-0.2, -0.15) is 0 Å². The standard InChI is InChI=1S/C14H16ClN3O/c1-2-7-19-12-5-3-11(4-6-12)18-14-13(15)8-10(16)9-17-14/h3-6,8-9H,2,7,16H2,1H3,(H,17,18). The highest BCUT2D eigenvalue weighted by molar-refractivity contribution is 6.33. The summed E-state index contributed by atoms with van der Waals surface area (Å²) in [6, 6.07) is 9.31. The van der Waals surface area contributed by atoms with Crippen LogP contribution in [0.4, 0.5) is 17.2 Å². The van der Waals surface area contributed by atoms with Gasteiger partial charge in [0.25, 0.3) is 0 Å². The van der Waals surface area contributed by atoms with Crippen molar-refractivity contribution in [1.29, 1.82) is 0 Å². The van der Waals surface area contributed by atoms with Gasteiger partial charge >= 0.3 is 0 Å². The predicted molar refractivity (Wildman–Crippen MR) is 79.2 cm³/mol. The Labute approximate surface area is 117 Å². The van der Waals surface area contributed by atoms with E-state index in [1.54, 1.807) is 12.3 Å². The maximum atomic E-state index is 6.05. The Kier molecular flexibility index (Phi) is 4.47. The van der Waals surface area contributed by atoms with Gasteiger partial charge in [-0.05, 0) is 36.8 Å². The molecule has 5 heteroatoms. The van der Waals surface area contributed by atoms with E-state index in [0.29, 0.717) is 16.5 Å². The molecule has 19 heavy (non-hydrogen) atoms. The fourth-order valence-electron chi connectivity index (χ4n) is 1.54. The third-order valence-electron chi connectivity index (χ3n) is 2.45. The van der Waals surface area contributed by atoms with Crippen molar-refractivity contribution in [3.63, 3.8) is 0 Å². The van der Waals surface area contributed by atoms with Crippen molar-refractivity contribution in [2.24, 2.45) is 0 Å². The highest BCUT2D eigenvalue weighted by Gasteiger charge is 2.03. The molecule has 1 aromatic heterocycles. The first-order valence-electron chi connectivity index (χ1n) is 6.10. The van der Waals surface area contributed by atoms with Gasteiger partial charge in [-0.1, -0.05) is 18.5 Å². The Morgan fingerprint density at radius 1 is 1.32 bits per heavy atom. The molecule has 0 bridgehead atoms. The molecule has 0 fully saturated rings. The van der Waals surface area contributed by atoms with Crippen molar-refractivity contribution >= 4 is 28.8 Å². The van der Waals surface area contributed by atoms with E-state index in [9.17, 15) is 0 Å². The van der Waals surface area contributed by atoms with E-state index in [4.69, 9.17) is 22.1 Å². The fraction of sp³-hybridized carbons (Fsp3) is 0.214. The first-order chi connectivity index (χ1) is 9.19. The smallest absolute Gasteiger partial charge is 0.149 e. The normalized spacial score (nSPS) is 10.2. The topological polar surface area (TPSA) is 60.2 Å². The molecule has 0 atom stereocenters. The minimum absolute atomic E-state index is 0.492. The number of benzene rings is 1. The Morgan fingerprint density at radius 2 is 2.05 bits per heavy atom. The molecule has 0 radical (unpaired) electrons. The van der Waals surface area contributed by atoms with Crippen molar-refractivity contribution in [3.05, 3.63) is 41.6 Å². The zero-order valence-corrected chi connectivity index (χ0v) is 11.4. The Hall–Kier alpha value is -1.94. The van der Waals surface area contributed by atoms with E-state index in [-0.39, 0.29) is 0 Å². The summed E-state index contributed by atoms with van der Waals surface area (Å²) in [6.45, 7) is 2.79. The van der Waals surface area contributed by atoms with Crippen LogP contribution in [0.2, 0.25) is 5.02 Å². The van der Waals surface area contributed by atoms with Gasteiger partial charge < -0.3 is 15.8 Å². The molecule has 0 saturated carbocycles. The Morgan fingerprint density at radius 3 is 2.68 bits per heavy atom. The number of nitrogens with one attached hydrogen (secondary N) is 1. The molecular weight excluding hydrogens is 262 g/mol. The number of halogens is 1. The van der Waals surface area contributed by atoms with E-state index in [1.165, 1.54) is 0 Å². The average Bonchev–Trinajstić information content (AvgIpc) is 2.41. The number of aromatic nitrogens is 1. The van der Waals surface area contributed by atoms with Gasteiger partial charge in [-0.25, -0.2) is 4.98 Å². The Balaban J connectivity index is 2.06. The molecule has 4 nitrogen and oxygen atoms in total. The number of anilines is 3. The highest BCUT2D eigenvalue weighted by Crippen LogP contribution is 2.25. The zero-order chi connectivity index (χ0) is 13.7. The van der Waals surface area contributed by atoms with Crippen LogP contribution in [0.1, 0.15) is 13.3 Å². The first kappa shape index (κ1) is 13.5. The van der Waals surface area contributed by atoms with Gasteiger partial charge in [0.1, 0.15) is 11.6 Å². The summed E-state index contributed by atoms with van der Waals surface area (Å²) >= 11 is 6.05. The lowest BCUT2D eigenvalue weighted by atomic mass is 10.3. The van der Waals surface area contributed by atoms with Crippen molar-refractivity contribution < 1.29 is 4.74 Å². The number of hydrogen-bond donors (Lipinski definition) is 2. The number of nitrogen functional groups attached to an aromatic ring is 1. The molecule has 100 valence electrons. The van der Waals surface area contributed by atoms with Crippen molar-refractivity contribution in [1.82, 2.24) is 4.98 Å². The molecule has 0 aliphatic heterocycles. The first-order valence-corrected chi connectivity index (χ1v) is 6.47. The SMILES string of the molecule is CCCOc1ccc(Nc2ncc(N)cc2Cl)cc1. The summed E-state index contributed by atoms with van der Waals surface area (Å²) in [5.41, 5.74) is 7.03. The molecule has 2 aromatic rings. The monoisotopic (exact) mass is 277 g/mol. The molecule has 1 heterocycles. The van der Waals surface area contributed by atoms with Gasteiger partial charge in [-0.3, -0.25) is 0 Å². The van der Waals surface area contributed by atoms with E-state index >= 15 is 0 Å². The second kappa shape index (κ2) is 6.29. The van der Waals surface area contributed by atoms with Gasteiger partial charge in [0.15, 0.2) is 0 Å². The van der Waals surface area contributed by atoms with Crippen LogP contribution in [0.5, 0.6) is 5.75 Å². The van der Waals surface area contributed by atoms with Crippen LogP contribution >= 0.6 is 11.6 Å². The summed E-state index contributed by atoms with van der Waals surface area (Å²) in [5, 5.41) is 3.62. The van der Waals surface area contributed by atoms with Crippen LogP contribution in [0.15, 0.2) is 36.5 Å². The number of hydrogen-bond acceptors (Lipinski definition) is 4. The van der Waals surface area contributed by atoms with Gasteiger partial charge in [0.05, 0.1) is 23.5 Å². The maximum Gasteiger partial charge on any atom is 0.149 e. The minimum Gasteiger partial charge on any atom is -0.494 e. The molecule has 0 saturated heterocycles. The lowest BCUT2D eigenvalue weighted by molar-refractivity contribution is 0.317. The molecule has 0 unspecified atom stereocenters. The van der Waals surface area contributed by atoms with Crippen molar-refractivity contribution in [3.8, 4) is 5.75 Å². The minimum atomic E-state index is 0.492. The summed E-state index contributed by atoms with van der Waals surface area (Å²) in [7, 11) is 0. The predicted octanol–water partition coefficient (Wildman–Crippen LogP) is 3.85. The van der Waals surface area contributed by atoms with Gasteiger partial charge in [-0.15, -0.1) is 0 Å². The molecular formula is C14H16ClN3O. The molecule has 0 amide bonds. The second-order valence-corrected chi connectivity index (χ2v) is 4.50. The highest BCUT2D eigenvalue weighted by atomic mass is 35.5. The largest absolute Gasteiger partial charge is 0.494 e. The number of nitrogens with zero attached hydrogens (tertiary/aromatic N) is 1. The van der Waals surface area contributed by atoms with Gasteiger partial charge in [0, 0.05) is 5.69 Å². The van der Waals surface area contributed by atoms with E-state index in [2.05, 4.69) is 17.2 Å². The number of rotatable bonds is 5. The van der Waals surface area contributed by atoms with Crippen LogP contribution < -0.4 is 15.8 Å². The summed E-state index contributed by atoms with van der Waals surface area (Å²) in [6.07, 6.45) is 2.55. The molecule has 3 N–H and O–H groups in total. The zero-order valence-electron chi connectivity index (χ0n) is 10.7. The fourth-order valence-corrected chi connectivity index (χ4v) is 1.76. The van der Waals surface area contributed by atoms with Crippen LogP contribution in [0, 0.1) is 0 Å². The number of nitrogens with two attached hydrogens (primary N) is 1. The molecule has 0 aliphatic carbocycles. The third kappa shape index (κ3) is 3.76. The van der Waals surface area contributed by atoms with Crippen LogP contribution in [0.3, 0.4) is 0 Å². The average molecular weight is 278 g/mol. The number of ether oxygens (including phenoxy) is 1.